The molecule has 0 saturated carbocycles. The number of rotatable bonds is 11. The summed E-state index contributed by atoms with van der Waals surface area (Å²) in [4.78, 5) is 38.0. The zero-order chi connectivity index (χ0) is 21.2. The van der Waals surface area contributed by atoms with Crippen molar-refractivity contribution >= 4 is 23.5 Å². The summed E-state index contributed by atoms with van der Waals surface area (Å²) in [5, 5.41) is 12.0. The van der Waals surface area contributed by atoms with E-state index in [-0.39, 0.29) is 31.0 Å². The molecule has 0 fully saturated rings. The molecule has 1 aromatic rings. The topological polar surface area (TPSA) is 105 Å². The fraction of sp³-hybridized carbons (Fsp3) is 0.476. The summed E-state index contributed by atoms with van der Waals surface area (Å²) >= 11 is 0. The minimum Gasteiger partial charge on any atom is -0.466 e. The highest BCUT2D eigenvalue weighted by atomic mass is 16.5. The number of aliphatic hydroxyl groups excluding tert-OH is 1. The quantitative estimate of drug-likeness (QED) is 0.430. The summed E-state index contributed by atoms with van der Waals surface area (Å²) in [6.45, 7) is 2.49. The fourth-order valence-corrected chi connectivity index (χ4v) is 2.96. The third kappa shape index (κ3) is 6.05. The van der Waals surface area contributed by atoms with Crippen LogP contribution in [0, 0.1) is 0 Å². The molecule has 0 aliphatic carbocycles. The van der Waals surface area contributed by atoms with Gasteiger partial charge in [-0.05, 0) is 30.7 Å². The van der Waals surface area contributed by atoms with E-state index in [1.54, 1.807) is 24.3 Å². The Morgan fingerprint density at radius 3 is 2.48 bits per heavy atom. The van der Waals surface area contributed by atoms with Gasteiger partial charge in [-0.15, -0.1) is 0 Å². The lowest BCUT2D eigenvalue weighted by molar-refractivity contribution is -0.136. The summed E-state index contributed by atoms with van der Waals surface area (Å²) < 4.78 is 10.0. The second-order valence-electron chi connectivity index (χ2n) is 6.69. The summed E-state index contributed by atoms with van der Waals surface area (Å²) in [5.74, 6) is -1.40. The van der Waals surface area contributed by atoms with Crippen LogP contribution >= 0.6 is 0 Å². The molecule has 1 aromatic carbocycles. The molecule has 0 unspecified atom stereocenters. The average molecular weight is 404 g/mol. The molecule has 0 saturated heterocycles. The highest BCUT2D eigenvalue weighted by Gasteiger charge is 2.34. The number of β-amino-alcohol motifs (C(OH)–C–C–N with tert-alkyl or cyclic N) is 1. The number of hydrogen-bond acceptors (Lipinski definition) is 7. The Morgan fingerprint density at radius 1 is 1.14 bits per heavy atom. The number of carbonyl (C=O) groups excluding carboxylic acids is 3. The Bertz CT molecular complexity index is 757. The molecule has 0 atom stereocenters. The van der Waals surface area contributed by atoms with E-state index in [1.165, 1.54) is 12.0 Å². The van der Waals surface area contributed by atoms with Crippen molar-refractivity contribution < 1.29 is 29.0 Å². The highest BCUT2D eigenvalue weighted by Crippen LogP contribution is 2.23. The van der Waals surface area contributed by atoms with Crippen molar-refractivity contribution in [2.45, 2.75) is 32.6 Å². The molecule has 1 heterocycles. The number of nitrogens with one attached hydrogen (secondary N) is 1. The number of nitrogens with zero attached hydrogens (tertiary/aromatic N) is 1. The molecule has 0 spiro atoms. The predicted molar refractivity (Wildman–Crippen MR) is 107 cm³/mol. The third-order valence-electron chi connectivity index (χ3n) is 4.57. The first-order valence-corrected chi connectivity index (χ1v) is 9.77. The molecule has 158 valence electrons. The van der Waals surface area contributed by atoms with Crippen molar-refractivity contribution in [3.8, 4) is 0 Å². The molecular weight excluding hydrogens is 376 g/mol. The van der Waals surface area contributed by atoms with E-state index < -0.39 is 17.8 Å². The Morgan fingerprint density at radius 2 is 1.86 bits per heavy atom. The van der Waals surface area contributed by atoms with E-state index >= 15 is 0 Å². The molecule has 1 amide bonds. The first-order valence-electron chi connectivity index (χ1n) is 9.77. The number of esters is 2. The number of ether oxygens (including phenoxy) is 2. The van der Waals surface area contributed by atoms with Gasteiger partial charge in [-0.1, -0.05) is 26.2 Å². The first kappa shape index (κ1) is 22.4. The van der Waals surface area contributed by atoms with Gasteiger partial charge in [0.2, 0.25) is 0 Å². The number of amides is 1. The zero-order valence-corrected chi connectivity index (χ0v) is 16.9. The number of methoxy groups -OCH3 is 1. The van der Waals surface area contributed by atoms with E-state index in [0.717, 1.165) is 25.7 Å². The van der Waals surface area contributed by atoms with Crippen LogP contribution < -0.4 is 5.32 Å². The van der Waals surface area contributed by atoms with Gasteiger partial charge in [0.15, 0.2) is 0 Å². The summed E-state index contributed by atoms with van der Waals surface area (Å²) in [7, 11) is 1.24. The van der Waals surface area contributed by atoms with Crippen LogP contribution in [0.3, 0.4) is 0 Å². The standard InChI is InChI=1S/C21H28N2O6/c1-3-4-5-6-13-29-20(26)15-7-9-16(10-8-15)22-18-17(21(27)28-2)14-23(11-12-24)19(18)25/h7-10,22,24H,3-6,11-14H2,1-2H3. The number of anilines is 1. The monoisotopic (exact) mass is 404 g/mol. The van der Waals surface area contributed by atoms with E-state index in [4.69, 9.17) is 14.6 Å². The molecule has 8 heteroatoms. The van der Waals surface area contributed by atoms with Gasteiger partial charge < -0.3 is 24.8 Å². The molecule has 1 aliphatic heterocycles. The van der Waals surface area contributed by atoms with Crippen molar-refractivity contribution in [1.82, 2.24) is 4.90 Å². The van der Waals surface area contributed by atoms with Gasteiger partial charge in [-0.25, -0.2) is 9.59 Å². The second kappa shape index (κ2) is 11.2. The number of hydrogen-bond donors (Lipinski definition) is 2. The minimum atomic E-state index is -0.607. The van der Waals surface area contributed by atoms with Gasteiger partial charge in [0.05, 0.1) is 38.0 Å². The minimum absolute atomic E-state index is 0.0663. The van der Waals surface area contributed by atoms with Crippen LogP contribution in [0.15, 0.2) is 35.5 Å². The van der Waals surface area contributed by atoms with E-state index in [0.29, 0.717) is 17.9 Å². The van der Waals surface area contributed by atoms with Gasteiger partial charge in [-0.3, -0.25) is 4.79 Å². The maximum atomic E-state index is 12.5. The SMILES string of the molecule is CCCCCCOC(=O)c1ccc(NC2=C(C(=O)OC)CN(CCO)C2=O)cc1. The molecule has 2 N–H and O–H groups in total. The first-order chi connectivity index (χ1) is 14.0. The zero-order valence-electron chi connectivity index (χ0n) is 16.9. The van der Waals surface area contributed by atoms with E-state index in [2.05, 4.69) is 12.2 Å². The highest BCUT2D eigenvalue weighted by molar-refractivity contribution is 6.08. The molecule has 8 nitrogen and oxygen atoms in total. The maximum Gasteiger partial charge on any atom is 0.338 e. The van der Waals surface area contributed by atoms with Crippen LogP contribution in [-0.2, 0) is 19.1 Å². The molecular formula is C21H28N2O6. The molecule has 0 bridgehead atoms. The smallest absolute Gasteiger partial charge is 0.338 e. The molecule has 0 radical (unpaired) electrons. The van der Waals surface area contributed by atoms with Crippen molar-refractivity contribution in [2.75, 3.05) is 38.7 Å². The summed E-state index contributed by atoms with van der Waals surface area (Å²) in [6, 6.07) is 6.47. The molecule has 29 heavy (non-hydrogen) atoms. The lowest BCUT2D eigenvalue weighted by atomic mass is 10.2. The van der Waals surface area contributed by atoms with Crippen molar-refractivity contribution in [1.29, 1.82) is 0 Å². The summed E-state index contributed by atoms with van der Waals surface area (Å²) in [6.07, 6.45) is 4.12. The van der Waals surface area contributed by atoms with Gasteiger partial charge >= 0.3 is 11.9 Å². The largest absolute Gasteiger partial charge is 0.466 e. The lowest BCUT2D eigenvalue weighted by Gasteiger charge is -2.15. The fourth-order valence-electron chi connectivity index (χ4n) is 2.96. The van der Waals surface area contributed by atoms with Gasteiger partial charge in [0.25, 0.3) is 5.91 Å². The van der Waals surface area contributed by atoms with Crippen molar-refractivity contribution in [3.63, 3.8) is 0 Å². The van der Waals surface area contributed by atoms with Gasteiger partial charge in [0, 0.05) is 12.2 Å². The maximum absolute atomic E-state index is 12.5. The normalized spacial score (nSPS) is 13.6. The second-order valence-corrected chi connectivity index (χ2v) is 6.69. The van der Waals surface area contributed by atoms with Crippen LogP contribution in [0.4, 0.5) is 5.69 Å². The molecule has 0 aromatic heterocycles. The Hall–Kier alpha value is -2.87. The Kier molecular flexibility index (Phi) is 8.67. The van der Waals surface area contributed by atoms with Crippen molar-refractivity contribution in [3.05, 3.63) is 41.1 Å². The van der Waals surface area contributed by atoms with Crippen LogP contribution in [0.25, 0.3) is 0 Å². The van der Waals surface area contributed by atoms with Crippen molar-refractivity contribution in [2.24, 2.45) is 0 Å². The van der Waals surface area contributed by atoms with E-state index in [9.17, 15) is 14.4 Å². The van der Waals surface area contributed by atoms with Crippen LogP contribution in [0.2, 0.25) is 0 Å². The third-order valence-corrected chi connectivity index (χ3v) is 4.57. The summed E-state index contributed by atoms with van der Waals surface area (Å²) in [5.41, 5.74) is 1.26. The Labute approximate surface area is 170 Å². The van der Waals surface area contributed by atoms with Gasteiger partial charge in [0.1, 0.15) is 5.70 Å². The average Bonchev–Trinajstić information content (AvgIpc) is 3.03. The number of carbonyl (C=O) groups is 3. The van der Waals surface area contributed by atoms with Crippen LogP contribution in [-0.4, -0.2) is 61.3 Å². The van der Waals surface area contributed by atoms with Crippen LogP contribution in [0.1, 0.15) is 43.0 Å². The van der Waals surface area contributed by atoms with Crippen LogP contribution in [0.5, 0.6) is 0 Å². The number of aliphatic hydroxyl groups is 1. The van der Waals surface area contributed by atoms with E-state index in [1.807, 2.05) is 0 Å². The number of unbranched alkanes of at least 4 members (excludes halogenated alkanes) is 3. The van der Waals surface area contributed by atoms with Gasteiger partial charge in [-0.2, -0.15) is 0 Å². The number of benzene rings is 1. The lowest BCUT2D eigenvalue weighted by Crippen LogP contribution is -2.31. The molecule has 2 rings (SSSR count). The molecule has 1 aliphatic rings. The Balaban J connectivity index is 2.02. The predicted octanol–water partition coefficient (Wildman–Crippen LogP) is 2.10.